The van der Waals surface area contributed by atoms with Crippen molar-refractivity contribution in [3.05, 3.63) is 78.4 Å². The van der Waals surface area contributed by atoms with Crippen molar-refractivity contribution < 1.29 is 23.9 Å². The van der Waals surface area contributed by atoms with Crippen LogP contribution in [0, 0.1) is 0 Å². The van der Waals surface area contributed by atoms with Crippen LogP contribution in [0.5, 0.6) is 11.5 Å². The van der Waals surface area contributed by atoms with Crippen LogP contribution in [-0.4, -0.2) is 40.8 Å². The number of ether oxygens (including phenoxy) is 2. The molecule has 2 aromatic heterocycles. The van der Waals surface area contributed by atoms with E-state index in [-0.39, 0.29) is 47.6 Å². The van der Waals surface area contributed by atoms with Crippen molar-refractivity contribution in [3.63, 3.8) is 0 Å². The highest BCUT2D eigenvalue weighted by Gasteiger charge is 2.19. The Balaban J connectivity index is 0.00000363. The van der Waals surface area contributed by atoms with Gasteiger partial charge in [0.05, 0.1) is 17.7 Å². The van der Waals surface area contributed by atoms with Crippen LogP contribution in [0.3, 0.4) is 0 Å². The van der Waals surface area contributed by atoms with Gasteiger partial charge in [-0.3, -0.25) is 9.97 Å². The number of esters is 2. The van der Waals surface area contributed by atoms with Gasteiger partial charge in [-0.1, -0.05) is 0 Å². The molecule has 0 amide bonds. The van der Waals surface area contributed by atoms with E-state index in [0.717, 1.165) is 6.29 Å². The van der Waals surface area contributed by atoms with Crippen molar-refractivity contribution in [2.24, 2.45) is 0 Å². The van der Waals surface area contributed by atoms with Crippen molar-refractivity contribution in [2.45, 2.75) is 19.9 Å². The predicted octanol–water partition coefficient (Wildman–Crippen LogP) is 3.75. The van der Waals surface area contributed by atoms with E-state index >= 15 is 0 Å². The minimum atomic E-state index is -0.657. The van der Waals surface area contributed by atoms with Crippen LogP contribution < -0.4 is 14.4 Å². The number of carbonyl (C=O) groups excluding carboxylic acids is 3. The minimum Gasteiger partial charge on any atom is -0.419 e. The van der Waals surface area contributed by atoms with E-state index in [1.54, 1.807) is 48.8 Å². The summed E-state index contributed by atoms with van der Waals surface area (Å²) in [5.41, 5.74) is 1.13. The van der Waals surface area contributed by atoms with Gasteiger partial charge in [-0.2, -0.15) is 0 Å². The van der Waals surface area contributed by atoms with Gasteiger partial charge < -0.3 is 19.2 Å². The summed E-state index contributed by atoms with van der Waals surface area (Å²) in [5.74, 6) is -1.20. The van der Waals surface area contributed by atoms with Gasteiger partial charge >= 0.3 is 11.9 Å². The first-order valence-electron chi connectivity index (χ1n) is 9.58. The van der Waals surface area contributed by atoms with Crippen molar-refractivity contribution in [1.82, 2.24) is 9.97 Å². The molecule has 0 aliphatic rings. The Hall–Kier alpha value is -3.78. The van der Waals surface area contributed by atoms with Crippen molar-refractivity contribution in [2.75, 3.05) is 11.4 Å². The van der Waals surface area contributed by atoms with E-state index in [1.807, 2.05) is 18.7 Å². The number of rotatable bonds is 8. The molecule has 1 aromatic carbocycles. The Morgan fingerprint density at radius 3 is 1.97 bits per heavy atom. The van der Waals surface area contributed by atoms with E-state index in [2.05, 4.69) is 9.97 Å². The summed E-state index contributed by atoms with van der Waals surface area (Å²) in [4.78, 5) is 45.8. The zero-order valence-corrected chi connectivity index (χ0v) is 18.3. The summed E-state index contributed by atoms with van der Waals surface area (Å²) in [6, 6.07) is 11.1. The summed E-state index contributed by atoms with van der Waals surface area (Å²) >= 11 is 0. The normalized spacial score (nSPS) is 10.1. The number of pyridine rings is 2. The zero-order chi connectivity index (χ0) is 22.2. The Labute approximate surface area is 191 Å². The molecule has 3 aromatic rings. The maximum atomic E-state index is 12.6. The second-order valence-electron chi connectivity index (χ2n) is 6.81. The molecule has 32 heavy (non-hydrogen) atoms. The number of aldehydes is 1. The van der Waals surface area contributed by atoms with Gasteiger partial charge in [-0.25, -0.2) is 9.59 Å². The molecule has 0 radical (unpaired) electrons. The number of anilines is 1. The van der Waals surface area contributed by atoms with Gasteiger partial charge in [-0.15, -0.1) is 12.4 Å². The first kappa shape index (κ1) is 24.5. The number of halogens is 1. The fourth-order valence-electron chi connectivity index (χ4n) is 2.82. The molecule has 0 atom stereocenters. The third-order valence-electron chi connectivity index (χ3n) is 4.35. The molecule has 3 rings (SSSR count). The third-order valence-corrected chi connectivity index (χ3v) is 4.35. The van der Waals surface area contributed by atoms with Crippen LogP contribution >= 0.6 is 12.4 Å². The zero-order valence-electron chi connectivity index (χ0n) is 17.5. The lowest BCUT2D eigenvalue weighted by atomic mass is 10.2. The summed E-state index contributed by atoms with van der Waals surface area (Å²) in [6.45, 7) is 4.02. The molecule has 8 nitrogen and oxygen atoms in total. The van der Waals surface area contributed by atoms with Gasteiger partial charge in [0.15, 0.2) is 11.5 Å². The average molecular weight is 456 g/mol. The van der Waals surface area contributed by atoms with Crippen LogP contribution in [0.4, 0.5) is 5.69 Å². The highest BCUT2D eigenvalue weighted by molar-refractivity contribution is 5.93. The molecule has 0 unspecified atom stereocenters. The third kappa shape index (κ3) is 6.12. The van der Waals surface area contributed by atoms with E-state index in [4.69, 9.17) is 9.47 Å². The van der Waals surface area contributed by atoms with Crippen LogP contribution in [0.2, 0.25) is 0 Å². The lowest BCUT2D eigenvalue weighted by Gasteiger charge is -2.27. The second-order valence-corrected chi connectivity index (χ2v) is 6.81. The van der Waals surface area contributed by atoms with Gasteiger partial charge in [0, 0.05) is 42.6 Å². The van der Waals surface area contributed by atoms with Gasteiger partial charge in [-0.05, 0) is 50.2 Å². The Morgan fingerprint density at radius 1 is 0.938 bits per heavy atom. The van der Waals surface area contributed by atoms with E-state index in [0.29, 0.717) is 5.69 Å². The highest BCUT2D eigenvalue weighted by atomic mass is 35.5. The summed E-state index contributed by atoms with van der Waals surface area (Å²) in [5, 5.41) is 0. The summed E-state index contributed by atoms with van der Waals surface area (Å²) < 4.78 is 11.0. The maximum Gasteiger partial charge on any atom is 0.345 e. The van der Waals surface area contributed by atoms with Gasteiger partial charge in [0.25, 0.3) is 0 Å². The fourth-order valence-corrected chi connectivity index (χ4v) is 2.82. The molecular formula is C23H22ClN3O5. The van der Waals surface area contributed by atoms with Crippen LogP contribution in [0.25, 0.3) is 0 Å². The predicted molar refractivity (Wildman–Crippen MR) is 121 cm³/mol. The number of nitrogens with zero attached hydrogens (tertiary/aromatic N) is 3. The largest absolute Gasteiger partial charge is 0.419 e. The molecule has 0 bridgehead atoms. The van der Waals surface area contributed by atoms with E-state index < -0.39 is 11.9 Å². The standard InChI is InChI=1S/C23H21N3O5.ClH/c1-16(2)26(11-12-27)19-7-8-20(30-22(28)17-5-3-9-24-14-17)21(13-19)31-23(29)18-6-4-10-25-15-18;/h3-10,12-16H,11H2,1-2H3;1H. The molecule has 0 aliphatic heterocycles. The number of carbonyl (C=O) groups is 3. The topological polar surface area (TPSA) is 98.7 Å². The van der Waals surface area contributed by atoms with E-state index in [9.17, 15) is 14.4 Å². The molecule has 0 spiro atoms. The highest BCUT2D eigenvalue weighted by Crippen LogP contribution is 2.34. The lowest BCUT2D eigenvalue weighted by molar-refractivity contribution is -0.106. The summed E-state index contributed by atoms with van der Waals surface area (Å²) in [7, 11) is 0. The molecule has 166 valence electrons. The Kier molecular flexibility index (Phi) is 8.85. The quantitative estimate of drug-likeness (QED) is 0.287. The lowest BCUT2D eigenvalue weighted by Crippen LogP contribution is -2.32. The molecule has 2 heterocycles. The van der Waals surface area contributed by atoms with Crippen molar-refractivity contribution in [3.8, 4) is 11.5 Å². The van der Waals surface area contributed by atoms with Gasteiger partial charge in [0.1, 0.15) is 6.29 Å². The maximum absolute atomic E-state index is 12.6. The monoisotopic (exact) mass is 455 g/mol. The number of aromatic nitrogens is 2. The van der Waals surface area contributed by atoms with E-state index in [1.165, 1.54) is 18.5 Å². The molecule has 0 N–H and O–H groups in total. The first-order valence-corrected chi connectivity index (χ1v) is 9.58. The molecular weight excluding hydrogens is 434 g/mol. The average Bonchev–Trinajstić information content (AvgIpc) is 2.79. The summed E-state index contributed by atoms with van der Waals surface area (Å²) in [6.07, 6.45) is 6.62. The minimum absolute atomic E-state index is 0. The SMILES string of the molecule is CC(C)N(CC=O)c1ccc(OC(=O)c2cccnc2)c(OC(=O)c2cccnc2)c1.Cl. The molecule has 0 fully saturated rings. The Bertz CT molecular complexity index is 1060. The van der Waals surface area contributed by atoms with Crippen molar-refractivity contribution >= 4 is 36.3 Å². The fraction of sp³-hybridized carbons (Fsp3) is 0.174. The molecule has 0 saturated carbocycles. The van der Waals surface area contributed by atoms with Gasteiger partial charge in [0.2, 0.25) is 0 Å². The number of hydrogen-bond donors (Lipinski definition) is 0. The molecule has 9 heteroatoms. The Morgan fingerprint density at radius 2 is 1.50 bits per heavy atom. The first-order chi connectivity index (χ1) is 15.0. The molecule has 0 saturated heterocycles. The van der Waals surface area contributed by atoms with Crippen LogP contribution in [0.1, 0.15) is 34.6 Å². The second kappa shape index (κ2) is 11.6. The number of benzene rings is 1. The van der Waals surface area contributed by atoms with Crippen LogP contribution in [-0.2, 0) is 4.79 Å². The van der Waals surface area contributed by atoms with Crippen molar-refractivity contribution in [1.29, 1.82) is 0 Å². The van der Waals surface area contributed by atoms with Crippen LogP contribution in [0.15, 0.2) is 67.3 Å². The molecule has 0 aliphatic carbocycles. The smallest absolute Gasteiger partial charge is 0.345 e. The number of hydrogen-bond acceptors (Lipinski definition) is 8.